The highest BCUT2D eigenvalue weighted by atomic mass is 15.1. The van der Waals surface area contributed by atoms with Gasteiger partial charge in [-0.25, -0.2) is 4.98 Å². The number of hydrogen-bond donors (Lipinski definition) is 2. The van der Waals surface area contributed by atoms with Crippen molar-refractivity contribution in [3.8, 4) is 0 Å². The van der Waals surface area contributed by atoms with Gasteiger partial charge in [-0.3, -0.25) is 4.98 Å². The molecule has 0 aliphatic heterocycles. The number of pyridine rings is 1. The number of aromatic nitrogens is 3. The number of aryl methyl sites for hydroxylation is 1. The summed E-state index contributed by atoms with van der Waals surface area (Å²) < 4.78 is 0. The fourth-order valence-electron chi connectivity index (χ4n) is 2.48. The van der Waals surface area contributed by atoms with Gasteiger partial charge in [0, 0.05) is 23.6 Å². The second-order valence-corrected chi connectivity index (χ2v) is 6.29. The van der Waals surface area contributed by atoms with Crippen molar-refractivity contribution in [3.63, 3.8) is 0 Å². The Kier molecular flexibility index (Phi) is 5.23. The molecule has 0 bridgehead atoms. The Hall–Kier alpha value is -2.95. The Bertz CT molecular complexity index is 813. The van der Waals surface area contributed by atoms with Crippen molar-refractivity contribution >= 4 is 17.5 Å². The Morgan fingerprint density at radius 3 is 2.48 bits per heavy atom. The number of nitrogens with one attached hydrogen (secondary N) is 2. The third kappa shape index (κ3) is 4.76. The molecule has 0 aliphatic carbocycles. The molecule has 2 heterocycles. The van der Waals surface area contributed by atoms with Crippen LogP contribution in [0.2, 0.25) is 0 Å². The van der Waals surface area contributed by atoms with Crippen molar-refractivity contribution in [1.29, 1.82) is 0 Å². The third-order valence-electron chi connectivity index (χ3n) is 3.86. The van der Waals surface area contributed by atoms with Gasteiger partial charge >= 0.3 is 0 Å². The molecule has 0 radical (unpaired) electrons. The summed E-state index contributed by atoms with van der Waals surface area (Å²) in [4.78, 5) is 13.3. The van der Waals surface area contributed by atoms with Crippen LogP contribution in [-0.4, -0.2) is 15.0 Å². The van der Waals surface area contributed by atoms with E-state index in [0.29, 0.717) is 18.4 Å². The summed E-state index contributed by atoms with van der Waals surface area (Å²) in [5.41, 5.74) is 4.19. The van der Waals surface area contributed by atoms with E-state index in [2.05, 4.69) is 63.7 Å². The van der Waals surface area contributed by atoms with Crippen LogP contribution in [0.1, 0.15) is 36.7 Å². The van der Waals surface area contributed by atoms with E-state index in [9.17, 15) is 0 Å². The van der Waals surface area contributed by atoms with Crippen LogP contribution in [0, 0.1) is 6.92 Å². The predicted octanol–water partition coefficient (Wildman–Crippen LogP) is 4.66. The number of benzene rings is 1. The first-order valence-corrected chi connectivity index (χ1v) is 8.46. The third-order valence-corrected chi connectivity index (χ3v) is 3.86. The van der Waals surface area contributed by atoms with Gasteiger partial charge in [0.25, 0.3) is 0 Å². The SMILES string of the molecule is Cc1cc(Nc2ccc(C(C)C)cc2)nc(NCc2ccccn2)n1. The van der Waals surface area contributed by atoms with Gasteiger partial charge in [0.2, 0.25) is 5.95 Å². The Balaban J connectivity index is 1.70. The van der Waals surface area contributed by atoms with Crippen LogP contribution in [0.4, 0.5) is 17.5 Å². The minimum atomic E-state index is 0.526. The molecule has 2 aromatic heterocycles. The molecule has 2 N–H and O–H groups in total. The van der Waals surface area contributed by atoms with E-state index in [4.69, 9.17) is 0 Å². The van der Waals surface area contributed by atoms with Gasteiger partial charge in [-0.15, -0.1) is 0 Å². The van der Waals surface area contributed by atoms with E-state index < -0.39 is 0 Å². The van der Waals surface area contributed by atoms with E-state index in [1.54, 1.807) is 6.20 Å². The van der Waals surface area contributed by atoms with Gasteiger partial charge < -0.3 is 10.6 Å². The van der Waals surface area contributed by atoms with Crippen LogP contribution in [0.15, 0.2) is 54.7 Å². The molecule has 5 nitrogen and oxygen atoms in total. The molecule has 0 spiro atoms. The largest absolute Gasteiger partial charge is 0.349 e. The zero-order chi connectivity index (χ0) is 17.6. The summed E-state index contributed by atoms with van der Waals surface area (Å²) in [6.45, 7) is 6.93. The zero-order valence-corrected chi connectivity index (χ0v) is 14.8. The highest BCUT2D eigenvalue weighted by molar-refractivity contribution is 5.58. The molecule has 0 atom stereocenters. The first-order chi connectivity index (χ1) is 12.1. The Labute approximate surface area is 148 Å². The van der Waals surface area contributed by atoms with Gasteiger partial charge in [-0.2, -0.15) is 4.98 Å². The molecule has 0 saturated heterocycles. The first kappa shape index (κ1) is 16.9. The van der Waals surface area contributed by atoms with Crippen LogP contribution in [0.3, 0.4) is 0 Å². The smallest absolute Gasteiger partial charge is 0.225 e. The summed E-state index contributed by atoms with van der Waals surface area (Å²) in [5, 5.41) is 6.57. The normalized spacial score (nSPS) is 10.7. The number of hydrogen-bond acceptors (Lipinski definition) is 5. The van der Waals surface area contributed by atoms with E-state index in [-0.39, 0.29) is 0 Å². The van der Waals surface area contributed by atoms with E-state index in [1.165, 1.54) is 5.56 Å². The highest BCUT2D eigenvalue weighted by Crippen LogP contribution is 2.20. The van der Waals surface area contributed by atoms with Crippen LogP contribution in [-0.2, 0) is 6.54 Å². The lowest BCUT2D eigenvalue weighted by Crippen LogP contribution is -2.07. The van der Waals surface area contributed by atoms with E-state index >= 15 is 0 Å². The molecule has 0 aliphatic rings. The minimum Gasteiger partial charge on any atom is -0.349 e. The lowest BCUT2D eigenvalue weighted by molar-refractivity contribution is 0.867. The maximum atomic E-state index is 4.54. The second-order valence-electron chi connectivity index (χ2n) is 6.29. The van der Waals surface area contributed by atoms with Crippen LogP contribution in [0.25, 0.3) is 0 Å². The van der Waals surface area contributed by atoms with E-state index in [1.807, 2.05) is 31.2 Å². The maximum absolute atomic E-state index is 4.54. The fourth-order valence-corrected chi connectivity index (χ4v) is 2.48. The molecule has 3 rings (SSSR count). The first-order valence-electron chi connectivity index (χ1n) is 8.46. The summed E-state index contributed by atoms with van der Waals surface area (Å²) in [5.74, 6) is 1.89. The van der Waals surface area contributed by atoms with Crippen molar-refractivity contribution in [2.24, 2.45) is 0 Å². The molecule has 0 fully saturated rings. The zero-order valence-electron chi connectivity index (χ0n) is 14.8. The van der Waals surface area contributed by atoms with Crippen molar-refractivity contribution in [2.45, 2.75) is 33.2 Å². The molecule has 1 aromatic carbocycles. The minimum absolute atomic E-state index is 0.526. The summed E-state index contributed by atoms with van der Waals surface area (Å²) in [6, 6.07) is 16.2. The van der Waals surface area contributed by atoms with Gasteiger partial charge in [-0.1, -0.05) is 32.0 Å². The lowest BCUT2D eigenvalue weighted by atomic mass is 10.0. The molecular weight excluding hydrogens is 310 g/mol. The Morgan fingerprint density at radius 1 is 1.00 bits per heavy atom. The van der Waals surface area contributed by atoms with Crippen LogP contribution >= 0.6 is 0 Å². The number of rotatable bonds is 6. The molecule has 0 amide bonds. The maximum Gasteiger partial charge on any atom is 0.225 e. The van der Waals surface area contributed by atoms with Crippen molar-refractivity contribution in [3.05, 3.63) is 71.7 Å². The van der Waals surface area contributed by atoms with Gasteiger partial charge in [0.05, 0.1) is 12.2 Å². The van der Waals surface area contributed by atoms with Gasteiger partial charge in [-0.05, 0) is 42.7 Å². The average molecular weight is 333 g/mol. The van der Waals surface area contributed by atoms with Crippen LogP contribution in [0.5, 0.6) is 0 Å². The lowest BCUT2D eigenvalue weighted by Gasteiger charge is -2.11. The van der Waals surface area contributed by atoms with E-state index in [0.717, 1.165) is 22.9 Å². The number of anilines is 3. The molecular formula is C20H23N5. The quantitative estimate of drug-likeness (QED) is 0.687. The molecule has 25 heavy (non-hydrogen) atoms. The van der Waals surface area contributed by atoms with Gasteiger partial charge in [0.1, 0.15) is 5.82 Å². The Morgan fingerprint density at radius 2 is 1.80 bits per heavy atom. The highest BCUT2D eigenvalue weighted by Gasteiger charge is 2.04. The second kappa shape index (κ2) is 7.75. The van der Waals surface area contributed by atoms with Gasteiger partial charge in [0.15, 0.2) is 0 Å². The molecule has 5 heteroatoms. The molecule has 3 aromatic rings. The van der Waals surface area contributed by atoms with Crippen molar-refractivity contribution in [2.75, 3.05) is 10.6 Å². The summed E-state index contributed by atoms with van der Waals surface area (Å²) >= 11 is 0. The molecule has 0 unspecified atom stereocenters. The average Bonchev–Trinajstić information content (AvgIpc) is 2.61. The molecule has 128 valence electrons. The standard InChI is InChI=1S/C20H23N5/c1-14(2)16-7-9-17(10-8-16)24-19-12-15(3)23-20(25-19)22-13-18-6-4-5-11-21-18/h4-12,14H,13H2,1-3H3,(H2,22,23,24,25). The number of nitrogens with zero attached hydrogens (tertiary/aromatic N) is 3. The fraction of sp³-hybridized carbons (Fsp3) is 0.250. The summed E-state index contributed by atoms with van der Waals surface area (Å²) in [6.07, 6.45) is 1.78. The molecule has 0 saturated carbocycles. The predicted molar refractivity (Wildman–Crippen MR) is 102 cm³/mol. The monoisotopic (exact) mass is 333 g/mol. The van der Waals surface area contributed by atoms with Crippen LogP contribution < -0.4 is 10.6 Å². The van der Waals surface area contributed by atoms with Crippen molar-refractivity contribution in [1.82, 2.24) is 15.0 Å². The van der Waals surface area contributed by atoms with Crippen molar-refractivity contribution < 1.29 is 0 Å². The summed E-state index contributed by atoms with van der Waals surface area (Å²) in [7, 11) is 0. The topological polar surface area (TPSA) is 62.7 Å².